The summed E-state index contributed by atoms with van der Waals surface area (Å²) in [5.74, 6) is 2.04. The van der Waals surface area contributed by atoms with Gasteiger partial charge < -0.3 is 29.0 Å². The summed E-state index contributed by atoms with van der Waals surface area (Å²) in [6.07, 6.45) is 12.3. The number of aromatic amines is 1. The van der Waals surface area contributed by atoms with Crippen molar-refractivity contribution in [2.24, 2.45) is 0 Å². The summed E-state index contributed by atoms with van der Waals surface area (Å²) in [4.78, 5) is 20.4. The number of alkyl carbamates (subject to hydrolysis) is 1. The number of nitrogens with zero attached hydrogens (tertiary/aromatic N) is 2. The van der Waals surface area contributed by atoms with Gasteiger partial charge in [-0.25, -0.2) is 4.79 Å². The number of aromatic nitrogens is 1. The molecule has 1 aromatic heterocycles. The van der Waals surface area contributed by atoms with Crippen molar-refractivity contribution >= 4 is 17.0 Å². The molecule has 244 valence electrons. The topological polar surface area (TPSA) is 79.1 Å². The van der Waals surface area contributed by atoms with E-state index in [1.165, 1.54) is 22.3 Å². The van der Waals surface area contributed by atoms with E-state index in [1.54, 1.807) is 12.3 Å². The minimum atomic E-state index is -0.490. The Bertz CT molecular complexity index is 1460. The van der Waals surface area contributed by atoms with Crippen LogP contribution in [0.2, 0.25) is 0 Å². The lowest BCUT2D eigenvalue weighted by Gasteiger charge is -2.26. The smallest absolute Gasteiger partial charge is 0.411 e. The maximum absolute atomic E-state index is 12.6. The van der Waals surface area contributed by atoms with Crippen molar-refractivity contribution in [2.75, 3.05) is 40.8 Å². The van der Waals surface area contributed by atoms with Crippen LogP contribution in [0.1, 0.15) is 68.7 Å². The molecule has 0 spiro atoms. The van der Waals surface area contributed by atoms with Gasteiger partial charge in [-0.15, -0.1) is 0 Å². The number of ether oxygens (including phenoxy) is 3. The molecule has 0 radical (unpaired) electrons. The van der Waals surface area contributed by atoms with Gasteiger partial charge in [0.15, 0.2) is 0 Å². The highest BCUT2D eigenvalue weighted by Gasteiger charge is 2.40. The molecule has 3 atom stereocenters. The van der Waals surface area contributed by atoms with E-state index in [1.807, 2.05) is 32.1 Å². The van der Waals surface area contributed by atoms with E-state index in [-0.39, 0.29) is 18.1 Å². The molecule has 0 bridgehead atoms. The van der Waals surface area contributed by atoms with Crippen LogP contribution in [0, 0.1) is 0 Å². The second kappa shape index (κ2) is 16.5. The maximum Gasteiger partial charge on any atom is 0.411 e. The largest absolute Gasteiger partial charge is 0.489 e. The molecule has 8 heteroatoms. The standard InChI is InChI=1S/C35H46N4O4.C2H6/c1-6-10-24-13-14-26(23-39(5)7-2)32-28-16-15-27(21-31(28)43-34(24)32)42-35(40)36-18-9-20-41-30-12-8-11-29-33(30)25(22-37-29)17-19-38(3)4;1-2/h8-9,11-16,18,22,27-28,31,37H,6-7,10,17,19-21,23H2,1-5H3,(H,36,40);1-2H3/b18-9+;/t27-,28+,31?;/m1./s1. The van der Waals surface area contributed by atoms with Gasteiger partial charge in [0.1, 0.15) is 30.3 Å². The van der Waals surface area contributed by atoms with Gasteiger partial charge in [0.05, 0.1) is 0 Å². The van der Waals surface area contributed by atoms with Crippen molar-refractivity contribution in [2.45, 2.75) is 78.0 Å². The molecule has 3 aromatic rings. The zero-order valence-electron chi connectivity index (χ0n) is 28.2. The minimum Gasteiger partial charge on any atom is -0.489 e. The number of carbonyl (C=O) groups is 1. The molecule has 2 aliphatic rings. The average molecular weight is 617 g/mol. The van der Waals surface area contributed by atoms with E-state index >= 15 is 0 Å². The number of nitrogens with one attached hydrogen (secondary N) is 2. The summed E-state index contributed by atoms with van der Waals surface area (Å²) in [5, 5.41) is 3.83. The molecule has 2 N–H and O–H groups in total. The van der Waals surface area contributed by atoms with Crippen molar-refractivity contribution in [3.63, 3.8) is 0 Å². The molecule has 45 heavy (non-hydrogen) atoms. The quantitative estimate of drug-likeness (QED) is 0.198. The minimum absolute atomic E-state index is 0.0378. The molecule has 1 aliphatic carbocycles. The van der Waals surface area contributed by atoms with Crippen LogP contribution >= 0.6 is 0 Å². The van der Waals surface area contributed by atoms with Crippen LogP contribution in [0.25, 0.3) is 10.9 Å². The predicted octanol–water partition coefficient (Wildman–Crippen LogP) is 7.19. The average Bonchev–Trinajstić information content (AvgIpc) is 3.64. The highest BCUT2D eigenvalue weighted by molar-refractivity contribution is 5.89. The number of hydrogen-bond acceptors (Lipinski definition) is 6. The normalized spacial score (nSPS) is 18.5. The van der Waals surface area contributed by atoms with Gasteiger partial charge in [-0.3, -0.25) is 5.32 Å². The summed E-state index contributed by atoms with van der Waals surface area (Å²) in [5.41, 5.74) is 6.17. The van der Waals surface area contributed by atoms with Gasteiger partial charge in [-0.2, -0.15) is 0 Å². The summed E-state index contributed by atoms with van der Waals surface area (Å²) in [7, 11) is 6.29. The zero-order valence-corrected chi connectivity index (χ0v) is 28.2. The van der Waals surface area contributed by atoms with Gasteiger partial charge in [0, 0.05) is 54.3 Å². The molecule has 0 saturated carbocycles. The van der Waals surface area contributed by atoms with Crippen molar-refractivity contribution in [3.05, 3.63) is 83.2 Å². The number of H-pyrrole nitrogens is 1. The Balaban J connectivity index is 0.00000226. The number of aryl methyl sites for hydroxylation is 1. The van der Waals surface area contributed by atoms with Crippen LogP contribution in [-0.4, -0.2) is 73.9 Å². The Hall–Kier alpha value is -3.75. The first-order valence-electron chi connectivity index (χ1n) is 16.5. The molecule has 2 heterocycles. The van der Waals surface area contributed by atoms with Crippen molar-refractivity contribution in [1.82, 2.24) is 20.1 Å². The van der Waals surface area contributed by atoms with Crippen LogP contribution in [0.4, 0.5) is 4.79 Å². The lowest BCUT2D eigenvalue weighted by molar-refractivity contribution is 0.0834. The Labute approximate surface area is 269 Å². The van der Waals surface area contributed by atoms with Crippen LogP contribution < -0.4 is 14.8 Å². The van der Waals surface area contributed by atoms with E-state index in [0.717, 1.165) is 61.3 Å². The Morgan fingerprint density at radius 3 is 2.62 bits per heavy atom. The van der Waals surface area contributed by atoms with Crippen LogP contribution in [0.3, 0.4) is 0 Å². The molecule has 0 saturated heterocycles. The third-order valence-electron chi connectivity index (χ3n) is 8.36. The van der Waals surface area contributed by atoms with Gasteiger partial charge in [0.2, 0.25) is 0 Å². The summed E-state index contributed by atoms with van der Waals surface area (Å²) >= 11 is 0. The summed E-state index contributed by atoms with van der Waals surface area (Å²) < 4.78 is 18.4. The van der Waals surface area contributed by atoms with Gasteiger partial charge in [0.25, 0.3) is 0 Å². The Kier molecular flexibility index (Phi) is 12.5. The fourth-order valence-electron chi connectivity index (χ4n) is 6.03. The SMILES string of the molecule is CC.CCCc1ccc(CN(C)CC)c2c1OC1C[C@H](OC(=O)N/C=C/COc3cccc4[nH]cc(CCN(C)C)c34)C=C[C@H]21. The first-order chi connectivity index (χ1) is 21.9. The molecule has 1 amide bonds. The second-order valence-electron chi connectivity index (χ2n) is 11.9. The molecule has 2 aromatic carbocycles. The number of amides is 1. The fourth-order valence-corrected chi connectivity index (χ4v) is 6.03. The number of benzene rings is 2. The lowest BCUT2D eigenvalue weighted by Crippen LogP contribution is -2.33. The van der Waals surface area contributed by atoms with Crippen molar-refractivity contribution in [3.8, 4) is 11.5 Å². The molecular weight excluding hydrogens is 564 g/mol. The lowest BCUT2D eigenvalue weighted by atomic mass is 9.84. The van der Waals surface area contributed by atoms with Crippen molar-refractivity contribution in [1.29, 1.82) is 0 Å². The third kappa shape index (κ3) is 8.50. The highest BCUT2D eigenvalue weighted by atomic mass is 16.6. The molecule has 0 fully saturated rings. The zero-order chi connectivity index (χ0) is 32.3. The molecule has 5 rings (SSSR count). The molecule has 1 unspecified atom stereocenters. The van der Waals surface area contributed by atoms with Gasteiger partial charge in [-0.1, -0.05) is 58.4 Å². The number of rotatable bonds is 13. The Morgan fingerprint density at radius 1 is 1.07 bits per heavy atom. The highest BCUT2D eigenvalue weighted by Crippen LogP contribution is 2.47. The van der Waals surface area contributed by atoms with E-state index in [9.17, 15) is 4.79 Å². The van der Waals surface area contributed by atoms with E-state index in [4.69, 9.17) is 14.2 Å². The summed E-state index contributed by atoms with van der Waals surface area (Å²) in [6, 6.07) is 10.5. The number of carbonyl (C=O) groups excluding carboxylic acids is 1. The monoisotopic (exact) mass is 616 g/mol. The third-order valence-corrected chi connectivity index (χ3v) is 8.36. The number of hydrogen-bond donors (Lipinski definition) is 2. The number of fused-ring (bicyclic) bond motifs is 4. The van der Waals surface area contributed by atoms with E-state index < -0.39 is 6.09 Å². The summed E-state index contributed by atoms with van der Waals surface area (Å²) in [6.45, 7) is 11.5. The predicted molar refractivity (Wildman–Crippen MR) is 183 cm³/mol. The first kappa shape index (κ1) is 34.1. The maximum atomic E-state index is 12.6. The number of likely N-dealkylation sites (N-methyl/N-ethyl adjacent to an activating group) is 1. The van der Waals surface area contributed by atoms with Crippen LogP contribution in [0.15, 0.2) is 61.0 Å². The van der Waals surface area contributed by atoms with E-state index in [2.05, 4.69) is 85.6 Å². The molecule has 8 nitrogen and oxygen atoms in total. The Morgan fingerprint density at radius 2 is 1.87 bits per heavy atom. The first-order valence-corrected chi connectivity index (χ1v) is 16.5. The van der Waals surface area contributed by atoms with Crippen LogP contribution in [-0.2, 0) is 24.1 Å². The van der Waals surface area contributed by atoms with Crippen molar-refractivity contribution < 1.29 is 19.0 Å². The van der Waals surface area contributed by atoms with E-state index in [0.29, 0.717) is 13.0 Å². The van der Waals surface area contributed by atoms with Gasteiger partial charge >= 0.3 is 6.09 Å². The van der Waals surface area contributed by atoms with Gasteiger partial charge in [-0.05, 0) is 81.5 Å². The van der Waals surface area contributed by atoms with Crippen LogP contribution in [0.5, 0.6) is 11.5 Å². The molecular formula is C37H52N4O4. The molecule has 1 aliphatic heterocycles. The second-order valence-corrected chi connectivity index (χ2v) is 11.9. The fraction of sp³-hybridized carbons (Fsp3) is 0.486.